The lowest BCUT2D eigenvalue weighted by molar-refractivity contribution is -0.0246. The second kappa shape index (κ2) is 3.72. The van der Waals surface area contributed by atoms with Crippen molar-refractivity contribution in [3.05, 3.63) is 27.7 Å². The van der Waals surface area contributed by atoms with Gasteiger partial charge in [-0.2, -0.15) is 4.73 Å². The lowest BCUT2D eigenvalue weighted by atomic mass is 9.78. The topological polar surface area (TPSA) is 115 Å². The highest BCUT2D eigenvalue weighted by Crippen LogP contribution is 2.50. The number of nitrogens with zero attached hydrogens (tertiary/aromatic N) is 1. The molecule has 0 radical (unpaired) electrons. The van der Waals surface area contributed by atoms with Gasteiger partial charge >= 0.3 is 0 Å². The van der Waals surface area contributed by atoms with Gasteiger partial charge in [-0.05, 0) is 19.8 Å². The maximum Gasteiger partial charge on any atom is 0.289 e. The minimum absolute atomic E-state index is 0.0447. The van der Waals surface area contributed by atoms with E-state index in [1.54, 1.807) is 0 Å². The number of aromatic hydroxyl groups is 1. The second-order valence-corrected chi connectivity index (χ2v) is 5.22. The lowest BCUT2D eigenvalue weighted by Gasteiger charge is -2.32. The molecule has 0 spiro atoms. The van der Waals surface area contributed by atoms with Crippen molar-refractivity contribution in [1.29, 1.82) is 0 Å². The SMILES string of the molecule is Cc1c(O)c(C2(O)CCC(O)C3OC32)cn(O)c1=O. The predicted octanol–water partition coefficient (Wildman–Crippen LogP) is -0.791. The van der Waals surface area contributed by atoms with E-state index in [2.05, 4.69) is 0 Å². The van der Waals surface area contributed by atoms with E-state index in [1.165, 1.54) is 6.92 Å². The van der Waals surface area contributed by atoms with Gasteiger partial charge in [-0.25, -0.2) is 0 Å². The van der Waals surface area contributed by atoms with Gasteiger partial charge in [-0.3, -0.25) is 4.79 Å². The fraction of sp³-hybridized carbons (Fsp3) is 0.583. The number of rotatable bonds is 1. The molecule has 0 bridgehead atoms. The highest BCUT2D eigenvalue weighted by atomic mass is 16.6. The Kier molecular flexibility index (Phi) is 2.44. The summed E-state index contributed by atoms with van der Waals surface area (Å²) in [5.74, 6) is -0.344. The zero-order chi connectivity index (χ0) is 13.9. The highest BCUT2D eigenvalue weighted by Gasteiger charge is 2.61. The standard InChI is InChI=1S/C12H15NO6/c1-5-8(15)6(4-13(18)11(5)16)12(17)3-2-7(14)9-10(12)19-9/h4,7,9-10,14-15,17-18H,2-3H2,1H3. The van der Waals surface area contributed by atoms with Crippen molar-refractivity contribution in [3.8, 4) is 5.75 Å². The van der Waals surface area contributed by atoms with E-state index in [0.29, 0.717) is 11.2 Å². The third-order valence-corrected chi connectivity index (χ3v) is 4.05. The van der Waals surface area contributed by atoms with E-state index >= 15 is 0 Å². The molecule has 1 saturated carbocycles. The van der Waals surface area contributed by atoms with E-state index in [9.17, 15) is 25.3 Å². The van der Waals surface area contributed by atoms with Gasteiger partial charge in [0, 0.05) is 5.56 Å². The van der Waals surface area contributed by atoms with Gasteiger partial charge in [0.1, 0.15) is 23.6 Å². The third-order valence-electron chi connectivity index (χ3n) is 4.05. The molecule has 2 heterocycles. The molecule has 1 aliphatic carbocycles. The molecule has 104 valence electrons. The fourth-order valence-corrected chi connectivity index (χ4v) is 2.80. The first-order valence-corrected chi connectivity index (χ1v) is 6.07. The van der Waals surface area contributed by atoms with Crippen molar-refractivity contribution < 1.29 is 25.3 Å². The highest BCUT2D eigenvalue weighted by molar-refractivity contribution is 5.42. The molecule has 0 amide bonds. The molecule has 2 fully saturated rings. The van der Waals surface area contributed by atoms with Crippen LogP contribution in [0.2, 0.25) is 0 Å². The van der Waals surface area contributed by atoms with E-state index < -0.39 is 29.5 Å². The molecule has 19 heavy (non-hydrogen) atoms. The Hall–Kier alpha value is -1.57. The van der Waals surface area contributed by atoms with Gasteiger partial charge in [0.15, 0.2) is 0 Å². The van der Waals surface area contributed by atoms with Crippen LogP contribution in [0.3, 0.4) is 0 Å². The second-order valence-electron chi connectivity index (χ2n) is 5.22. The maximum atomic E-state index is 11.5. The molecule has 1 aromatic heterocycles. The van der Waals surface area contributed by atoms with Crippen LogP contribution < -0.4 is 5.56 Å². The molecule has 7 nitrogen and oxygen atoms in total. The number of pyridine rings is 1. The summed E-state index contributed by atoms with van der Waals surface area (Å²) in [7, 11) is 0. The van der Waals surface area contributed by atoms with Gasteiger partial charge < -0.3 is 25.3 Å². The molecule has 4 N–H and O–H groups in total. The Balaban J connectivity index is 2.10. The van der Waals surface area contributed by atoms with E-state index in [4.69, 9.17) is 4.74 Å². The summed E-state index contributed by atoms with van der Waals surface area (Å²) in [5.41, 5.74) is -2.24. The molecule has 0 aromatic carbocycles. The van der Waals surface area contributed by atoms with Gasteiger partial charge in [-0.1, -0.05) is 0 Å². The van der Waals surface area contributed by atoms with Crippen molar-refractivity contribution in [2.75, 3.05) is 0 Å². The molecule has 4 unspecified atom stereocenters. The van der Waals surface area contributed by atoms with Crippen LogP contribution in [-0.2, 0) is 10.3 Å². The van der Waals surface area contributed by atoms with Gasteiger partial charge in [0.25, 0.3) is 5.56 Å². The van der Waals surface area contributed by atoms with Crippen molar-refractivity contribution in [3.63, 3.8) is 0 Å². The average Bonchev–Trinajstić information content (AvgIpc) is 3.17. The molecular formula is C12H15NO6. The van der Waals surface area contributed by atoms with E-state index in [0.717, 1.165) is 6.20 Å². The number of aliphatic hydroxyl groups is 2. The minimum Gasteiger partial charge on any atom is -0.507 e. The number of aromatic nitrogens is 1. The third kappa shape index (κ3) is 1.59. The number of ether oxygens (including phenoxy) is 1. The largest absolute Gasteiger partial charge is 0.507 e. The summed E-state index contributed by atoms with van der Waals surface area (Å²) in [6.45, 7) is 1.36. The van der Waals surface area contributed by atoms with Crippen molar-refractivity contribution in [2.45, 2.75) is 43.7 Å². The lowest BCUT2D eigenvalue weighted by Crippen LogP contribution is -2.42. The summed E-state index contributed by atoms with van der Waals surface area (Å²) in [5, 5.41) is 39.8. The molecule has 3 rings (SSSR count). The summed E-state index contributed by atoms with van der Waals surface area (Å²) < 4.78 is 5.58. The van der Waals surface area contributed by atoms with Gasteiger partial charge in [0.2, 0.25) is 0 Å². The minimum atomic E-state index is -1.50. The van der Waals surface area contributed by atoms with Gasteiger partial charge in [-0.15, -0.1) is 0 Å². The predicted molar refractivity (Wildman–Crippen MR) is 62.1 cm³/mol. The first kappa shape index (κ1) is 12.5. The zero-order valence-electron chi connectivity index (χ0n) is 10.3. The molecule has 1 saturated heterocycles. The van der Waals surface area contributed by atoms with Crippen LogP contribution in [0.1, 0.15) is 24.0 Å². The van der Waals surface area contributed by atoms with Crippen LogP contribution in [0.15, 0.2) is 11.0 Å². The van der Waals surface area contributed by atoms with Crippen LogP contribution in [0.25, 0.3) is 0 Å². The fourth-order valence-electron chi connectivity index (χ4n) is 2.80. The Bertz CT molecular complexity index is 597. The van der Waals surface area contributed by atoms with Crippen LogP contribution in [0.4, 0.5) is 0 Å². The molecule has 4 atom stereocenters. The van der Waals surface area contributed by atoms with Crippen LogP contribution in [0, 0.1) is 6.92 Å². The number of hydrogen-bond donors (Lipinski definition) is 4. The number of aliphatic hydroxyl groups excluding tert-OH is 1. The Morgan fingerprint density at radius 3 is 2.89 bits per heavy atom. The summed E-state index contributed by atoms with van der Waals surface area (Å²) in [6.07, 6.45) is -0.215. The van der Waals surface area contributed by atoms with Crippen molar-refractivity contribution >= 4 is 0 Å². The van der Waals surface area contributed by atoms with Crippen LogP contribution >= 0.6 is 0 Å². The summed E-state index contributed by atoms with van der Waals surface area (Å²) in [6, 6.07) is 0. The smallest absolute Gasteiger partial charge is 0.289 e. The summed E-state index contributed by atoms with van der Waals surface area (Å²) >= 11 is 0. The van der Waals surface area contributed by atoms with Crippen molar-refractivity contribution in [2.24, 2.45) is 0 Å². The number of hydrogen-bond acceptors (Lipinski definition) is 6. The number of epoxide rings is 1. The maximum absolute atomic E-state index is 11.5. The van der Waals surface area contributed by atoms with E-state index in [-0.39, 0.29) is 23.3 Å². The zero-order valence-corrected chi connectivity index (χ0v) is 10.3. The molecule has 7 heteroatoms. The quantitative estimate of drug-likeness (QED) is 0.392. The monoisotopic (exact) mass is 269 g/mol. The molecule has 2 aliphatic rings. The van der Waals surface area contributed by atoms with E-state index in [1.807, 2.05) is 0 Å². The average molecular weight is 269 g/mol. The first-order chi connectivity index (χ1) is 8.86. The van der Waals surface area contributed by atoms with Crippen LogP contribution in [-0.4, -0.2) is 43.6 Å². The van der Waals surface area contributed by atoms with Crippen LogP contribution in [0.5, 0.6) is 5.75 Å². The molecule has 1 aromatic rings. The Morgan fingerprint density at radius 2 is 2.21 bits per heavy atom. The normalized spacial score (nSPS) is 36.9. The van der Waals surface area contributed by atoms with Gasteiger partial charge in [0.05, 0.1) is 17.9 Å². The molecular weight excluding hydrogens is 254 g/mol. The Labute approximate surface area is 108 Å². The first-order valence-electron chi connectivity index (χ1n) is 6.07. The molecule has 1 aliphatic heterocycles. The Morgan fingerprint density at radius 1 is 1.53 bits per heavy atom. The van der Waals surface area contributed by atoms with Crippen molar-refractivity contribution in [1.82, 2.24) is 4.73 Å². The number of fused-ring (bicyclic) bond motifs is 1. The summed E-state index contributed by atoms with van der Waals surface area (Å²) in [4.78, 5) is 11.5.